The number of halogens is 1. The van der Waals surface area contributed by atoms with Gasteiger partial charge in [-0.05, 0) is 61.6 Å². The van der Waals surface area contributed by atoms with Gasteiger partial charge in [-0.15, -0.1) is 0 Å². The summed E-state index contributed by atoms with van der Waals surface area (Å²) >= 11 is 0. The van der Waals surface area contributed by atoms with Crippen LogP contribution in [0.5, 0.6) is 0 Å². The number of likely N-dealkylation sites (tertiary alicyclic amines) is 1. The van der Waals surface area contributed by atoms with E-state index >= 15 is 0 Å². The minimum atomic E-state index is -0.768. The number of piperidine rings is 1. The number of nitrogens with one attached hydrogen (secondary N) is 1. The normalized spacial score (nSPS) is 18.1. The summed E-state index contributed by atoms with van der Waals surface area (Å²) in [7, 11) is 0. The number of benzene rings is 2. The van der Waals surface area contributed by atoms with Crippen molar-refractivity contribution in [3.05, 3.63) is 90.0 Å². The lowest BCUT2D eigenvalue weighted by Gasteiger charge is -2.42. The lowest BCUT2D eigenvalue weighted by atomic mass is 9.73. The SMILES string of the molecule is CCNC(=O)C1(Cc2ccccc2-c2cccnc2)CCCN(C(=O)c2cccc(F)c2)C1. The molecule has 170 valence electrons. The van der Waals surface area contributed by atoms with E-state index in [0.29, 0.717) is 37.9 Å². The fraction of sp³-hybridized carbons (Fsp3) is 0.296. The van der Waals surface area contributed by atoms with Crippen LogP contribution in [0.2, 0.25) is 0 Å². The smallest absolute Gasteiger partial charge is 0.253 e. The van der Waals surface area contributed by atoms with Crippen molar-refractivity contribution in [2.75, 3.05) is 19.6 Å². The van der Waals surface area contributed by atoms with Crippen LogP contribution in [0.4, 0.5) is 4.39 Å². The van der Waals surface area contributed by atoms with E-state index in [1.54, 1.807) is 17.2 Å². The highest BCUT2D eigenvalue weighted by Crippen LogP contribution is 2.37. The molecule has 1 unspecified atom stereocenters. The maximum Gasteiger partial charge on any atom is 0.253 e. The Labute approximate surface area is 193 Å². The summed E-state index contributed by atoms with van der Waals surface area (Å²) in [6.45, 7) is 3.24. The van der Waals surface area contributed by atoms with Crippen LogP contribution >= 0.6 is 0 Å². The first-order valence-corrected chi connectivity index (χ1v) is 11.3. The molecule has 4 rings (SSSR count). The average molecular weight is 446 g/mol. The van der Waals surface area contributed by atoms with Gasteiger partial charge in [0.15, 0.2) is 0 Å². The van der Waals surface area contributed by atoms with Crippen molar-refractivity contribution in [3.8, 4) is 11.1 Å². The van der Waals surface area contributed by atoms with E-state index in [1.165, 1.54) is 18.2 Å². The molecular weight excluding hydrogens is 417 g/mol. The van der Waals surface area contributed by atoms with Crippen LogP contribution in [0.15, 0.2) is 73.1 Å². The van der Waals surface area contributed by atoms with E-state index in [4.69, 9.17) is 0 Å². The lowest BCUT2D eigenvalue weighted by molar-refractivity contribution is -0.133. The topological polar surface area (TPSA) is 62.3 Å². The van der Waals surface area contributed by atoms with Crippen LogP contribution < -0.4 is 5.32 Å². The van der Waals surface area contributed by atoms with Gasteiger partial charge in [0.25, 0.3) is 5.91 Å². The van der Waals surface area contributed by atoms with E-state index in [9.17, 15) is 14.0 Å². The molecule has 0 spiro atoms. The van der Waals surface area contributed by atoms with Gasteiger partial charge < -0.3 is 10.2 Å². The fourth-order valence-electron chi connectivity index (χ4n) is 4.71. The van der Waals surface area contributed by atoms with Crippen molar-refractivity contribution in [1.29, 1.82) is 0 Å². The van der Waals surface area contributed by atoms with Crippen molar-refractivity contribution in [1.82, 2.24) is 15.2 Å². The number of carbonyl (C=O) groups is 2. The molecule has 2 amide bonds. The highest BCUT2D eigenvalue weighted by Gasteiger charge is 2.43. The monoisotopic (exact) mass is 445 g/mol. The predicted octanol–water partition coefficient (Wildman–Crippen LogP) is 4.49. The molecule has 1 aromatic heterocycles. The van der Waals surface area contributed by atoms with Gasteiger partial charge in [-0.1, -0.05) is 36.4 Å². The number of carbonyl (C=O) groups excluding carboxylic acids is 2. The summed E-state index contributed by atoms with van der Waals surface area (Å²) in [4.78, 5) is 32.5. The molecule has 0 radical (unpaired) electrons. The molecule has 2 aromatic carbocycles. The molecule has 0 saturated carbocycles. The minimum Gasteiger partial charge on any atom is -0.356 e. The second kappa shape index (κ2) is 9.94. The summed E-state index contributed by atoms with van der Waals surface area (Å²) in [5, 5.41) is 2.99. The number of nitrogens with zero attached hydrogens (tertiary/aromatic N) is 2. The van der Waals surface area contributed by atoms with E-state index in [-0.39, 0.29) is 18.4 Å². The lowest BCUT2D eigenvalue weighted by Crippen LogP contribution is -2.54. The molecule has 1 saturated heterocycles. The van der Waals surface area contributed by atoms with E-state index in [1.807, 2.05) is 49.5 Å². The summed E-state index contributed by atoms with van der Waals surface area (Å²) in [6, 6.07) is 17.7. The third-order valence-electron chi connectivity index (χ3n) is 6.27. The predicted molar refractivity (Wildman–Crippen MR) is 126 cm³/mol. The Morgan fingerprint density at radius 1 is 1.12 bits per heavy atom. The summed E-state index contributed by atoms with van der Waals surface area (Å²) < 4.78 is 13.7. The number of pyridine rings is 1. The van der Waals surface area contributed by atoms with Gasteiger partial charge in [0.05, 0.1) is 5.41 Å². The maximum absolute atomic E-state index is 13.7. The Balaban J connectivity index is 1.68. The highest BCUT2D eigenvalue weighted by molar-refractivity contribution is 5.95. The van der Waals surface area contributed by atoms with Crippen molar-refractivity contribution in [3.63, 3.8) is 0 Å². The van der Waals surface area contributed by atoms with Gasteiger partial charge in [-0.25, -0.2) is 4.39 Å². The van der Waals surface area contributed by atoms with Gasteiger partial charge in [0.1, 0.15) is 5.82 Å². The highest BCUT2D eigenvalue weighted by atomic mass is 19.1. The molecule has 1 atom stereocenters. The van der Waals surface area contributed by atoms with Crippen molar-refractivity contribution < 1.29 is 14.0 Å². The van der Waals surface area contributed by atoms with Crippen LogP contribution in [0.3, 0.4) is 0 Å². The zero-order valence-electron chi connectivity index (χ0n) is 18.8. The zero-order valence-corrected chi connectivity index (χ0v) is 18.8. The molecule has 0 bridgehead atoms. The van der Waals surface area contributed by atoms with Gasteiger partial charge in [-0.3, -0.25) is 14.6 Å². The summed E-state index contributed by atoms with van der Waals surface area (Å²) in [6.07, 6.45) is 5.43. The zero-order chi connectivity index (χ0) is 23.3. The third kappa shape index (κ3) is 4.95. The quantitative estimate of drug-likeness (QED) is 0.608. The molecule has 33 heavy (non-hydrogen) atoms. The van der Waals surface area contributed by atoms with Crippen LogP contribution in [0, 0.1) is 11.2 Å². The standard InChI is InChI=1S/C27H28FN3O2/c1-2-30-26(33)27(17-21-8-3-4-12-24(21)22-10-6-14-29-18-22)13-7-15-31(19-27)25(32)20-9-5-11-23(28)16-20/h3-6,8-12,14,16,18H,2,7,13,15,17,19H2,1H3,(H,30,33). The van der Waals surface area contributed by atoms with Gasteiger partial charge in [-0.2, -0.15) is 0 Å². The minimum absolute atomic E-state index is 0.0530. The molecule has 1 N–H and O–H groups in total. The number of hydrogen-bond donors (Lipinski definition) is 1. The Morgan fingerprint density at radius 3 is 2.73 bits per heavy atom. The van der Waals surface area contributed by atoms with Crippen molar-refractivity contribution in [2.45, 2.75) is 26.2 Å². The second-order valence-corrected chi connectivity index (χ2v) is 8.56. The molecule has 2 heterocycles. The van der Waals surface area contributed by atoms with Crippen LogP contribution in [0.1, 0.15) is 35.7 Å². The van der Waals surface area contributed by atoms with Gasteiger partial charge in [0, 0.05) is 43.2 Å². The van der Waals surface area contributed by atoms with E-state index < -0.39 is 11.2 Å². The first-order valence-electron chi connectivity index (χ1n) is 11.3. The molecular formula is C27H28FN3O2. The Morgan fingerprint density at radius 2 is 1.97 bits per heavy atom. The molecule has 1 aliphatic heterocycles. The Bertz CT molecular complexity index is 1130. The van der Waals surface area contributed by atoms with Gasteiger partial charge in [0.2, 0.25) is 5.91 Å². The second-order valence-electron chi connectivity index (χ2n) is 8.56. The maximum atomic E-state index is 13.7. The first-order chi connectivity index (χ1) is 16.0. The molecule has 5 nitrogen and oxygen atoms in total. The molecule has 0 aliphatic carbocycles. The fourth-order valence-corrected chi connectivity index (χ4v) is 4.71. The average Bonchev–Trinajstić information content (AvgIpc) is 2.85. The number of amides is 2. The number of hydrogen-bond acceptors (Lipinski definition) is 3. The molecule has 6 heteroatoms. The first kappa shape index (κ1) is 22.6. The molecule has 1 aliphatic rings. The van der Waals surface area contributed by atoms with Crippen molar-refractivity contribution in [2.24, 2.45) is 5.41 Å². The third-order valence-corrected chi connectivity index (χ3v) is 6.27. The Kier molecular flexibility index (Phi) is 6.82. The molecule has 1 fully saturated rings. The van der Waals surface area contributed by atoms with E-state index in [0.717, 1.165) is 16.7 Å². The van der Waals surface area contributed by atoms with E-state index in [2.05, 4.69) is 10.3 Å². The molecule has 3 aromatic rings. The van der Waals surface area contributed by atoms with Crippen LogP contribution in [0.25, 0.3) is 11.1 Å². The van der Waals surface area contributed by atoms with Gasteiger partial charge >= 0.3 is 0 Å². The number of aromatic nitrogens is 1. The van der Waals surface area contributed by atoms with Crippen LogP contribution in [-0.2, 0) is 11.2 Å². The summed E-state index contributed by atoms with van der Waals surface area (Å²) in [5.74, 6) is -0.746. The largest absolute Gasteiger partial charge is 0.356 e. The van der Waals surface area contributed by atoms with Crippen LogP contribution in [-0.4, -0.2) is 41.3 Å². The van der Waals surface area contributed by atoms with Crippen molar-refractivity contribution >= 4 is 11.8 Å². The summed E-state index contributed by atoms with van der Waals surface area (Å²) in [5.41, 5.74) is 2.59. The Hall–Kier alpha value is -3.54. The number of rotatable bonds is 6.